The van der Waals surface area contributed by atoms with Gasteiger partial charge in [0.2, 0.25) is 5.91 Å². The number of rotatable bonds is 5. The van der Waals surface area contributed by atoms with Crippen molar-refractivity contribution in [3.63, 3.8) is 0 Å². The highest BCUT2D eigenvalue weighted by Gasteiger charge is 2.69. The molecule has 2 aromatic carbocycles. The topological polar surface area (TPSA) is 94.5 Å². The van der Waals surface area contributed by atoms with E-state index in [2.05, 4.69) is 5.32 Å². The van der Waals surface area contributed by atoms with E-state index in [0.717, 1.165) is 15.7 Å². The highest BCUT2D eigenvalue weighted by atomic mass is 32.2. The number of aryl methyl sites for hydroxylation is 1. The minimum atomic E-state index is -5.09. The third-order valence-corrected chi connectivity index (χ3v) is 7.75. The van der Waals surface area contributed by atoms with Crippen LogP contribution < -0.4 is 5.32 Å². The summed E-state index contributed by atoms with van der Waals surface area (Å²) in [6.45, 7) is 2.03. The number of alkyl halides is 3. The number of hydrogen-bond donors (Lipinski definition) is 1. The number of ether oxygens (including phenoxy) is 1. The summed E-state index contributed by atoms with van der Waals surface area (Å²) in [4.78, 5) is 24.9. The van der Waals surface area contributed by atoms with Crippen molar-refractivity contribution in [1.29, 1.82) is 0 Å². The minimum absolute atomic E-state index is 0.0105. The molecular formula is C23H21F3N2O5S. The van der Waals surface area contributed by atoms with Gasteiger partial charge in [-0.25, -0.2) is 12.4 Å². The number of nitrogens with zero attached hydrogens (tertiary/aromatic N) is 1. The molecule has 0 radical (unpaired) electrons. The molecule has 0 bridgehead atoms. The van der Waals surface area contributed by atoms with Gasteiger partial charge in [0.1, 0.15) is 5.41 Å². The largest absolute Gasteiger partial charge is 0.465 e. The molecule has 0 spiro atoms. The number of para-hydroxylation sites is 1. The van der Waals surface area contributed by atoms with Gasteiger partial charge in [-0.1, -0.05) is 35.9 Å². The van der Waals surface area contributed by atoms with Crippen molar-refractivity contribution in [1.82, 2.24) is 9.29 Å². The molecule has 2 atom stereocenters. The fourth-order valence-electron chi connectivity index (χ4n) is 4.38. The molecule has 1 unspecified atom stereocenters. The van der Waals surface area contributed by atoms with Gasteiger partial charge < -0.3 is 10.1 Å². The van der Waals surface area contributed by atoms with E-state index in [1.807, 2.05) is 0 Å². The van der Waals surface area contributed by atoms with Crippen LogP contribution in [0, 0.1) is 12.8 Å². The Kier molecular flexibility index (Phi) is 5.71. The molecule has 3 aromatic rings. The highest BCUT2D eigenvalue weighted by molar-refractivity contribution is 7.90. The first kappa shape index (κ1) is 23.8. The fourth-order valence-corrected chi connectivity index (χ4v) is 5.75. The molecule has 180 valence electrons. The fraction of sp³-hybridized carbons (Fsp3) is 0.304. The van der Waals surface area contributed by atoms with Crippen LogP contribution in [-0.4, -0.2) is 43.6 Å². The van der Waals surface area contributed by atoms with E-state index in [9.17, 15) is 31.2 Å². The van der Waals surface area contributed by atoms with Crippen LogP contribution in [0.4, 0.5) is 13.2 Å². The van der Waals surface area contributed by atoms with Crippen molar-refractivity contribution in [3.05, 3.63) is 65.9 Å². The maximum absolute atomic E-state index is 14.8. The van der Waals surface area contributed by atoms with E-state index < -0.39 is 51.5 Å². The van der Waals surface area contributed by atoms with Gasteiger partial charge in [0.05, 0.1) is 17.0 Å². The Balaban J connectivity index is 2.03. The number of hydrogen-bond acceptors (Lipinski definition) is 5. The average Bonchev–Trinajstić information content (AvgIpc) is 3.33. The number of amides is 1. The second kappa shape index (κ2) is 8.15. The number of halogens is 3. The molecule has 1 N–H and O–H groups in total. The smallest absolute Gasteiger partial charge is 0.401 e. The lowest BCUT2D eigenvalue weighted by atomic mass is 9.71. The Labute approximate surface area is 193 Å². The van der Waals surface area contributed by atoms with Crippen molar-refractivity contribution < 1.29 is 35.9 Å². The predicted octanol–water partition coefficient (Wildman–Crippen LogP) is 3.30. The van der Waals surface area contributed by atoms with Crippen LogP contribution in [0.15, 0.2) is 59.6 Å². The molecular weight excluding hydrogens is 473 g/mol. The van der Waals surface area contributed by atoms with E-state index in [-0.39, 0.29) is 22.4 Å². The minimum Gasteiger partial charge on any atom is -0.465 e. The standard InChI is InChI=1S/C23H21F3N2O5S/c1-3-33-21(30)19-20(29)27-13-22(19,23(24,25)26)17-12-28(18-7-5-4-6-16(17)18)34(31,32)15-10-8-14(2)9-11-15/h4-12,19H,3,13H2,1-2H3,(H,27,29)/t19?,22-/m0/s1. The van der Waals surface area contributed by atoms with Crippen molar-refractivity contribution in [3.8, 4) is 0 Å². The maximum Gasteiger partial charge on any atom is 0.401 e. The number of nitrogens with one attached hydrogen (secondary N) is 1. The van der Waals surface area contributed by atoms with Gasteiger partial charge >= 0.3 is 12.1 Å². The molecule has 1 aliphatic rings. The Morgan fingerprint density at radius 3 is 2.44 bits per heavy atom. The number of aromatic nitrogens is 1. The third-order valence-electron chi connectivity index (χ3n) is 6.06. The predicted molar refractivity (Wildman–Crippen MR) is 117 cm³/mol. The molecule has 1 aliphatic heterocycles. The summed E-state index contributed by atoms with van der Waals surface area (Å²) >= 11 is 0. The van der Waals surface area contributed by atoms with Crippen LogP contribution in [0.1, 0.15) is 18.1 Å². The second-order valence-electron chi connectivity index (χ2n) is 8.05. The summed E-state index contributed by atoms with van der Waals surface area (Å²) in [6.07, 6.45) is -4.23. The van der Waals surface area contributed by atoms with Gasteiger partial charge in [-0.05, 0) is 37.6 Å². The molecule has 1 saturated heterocycles. The molecule has 1 aromatic heterocycles. The lowest BCUT2D eigenvalue weighted by Crippen LogP contribution is -2.52. The summed E-state index contributed by atoms with van der Waals surface area (Å²) in [6, 6.07) is 11.5. The van der Waals surface area contributed by atoms with Gasteiger partial charge in [0, 0.05) is 18.1 Å². The van der Waals surface area contributed by atoms with Crippen LogP contribution in [0.3, 0.4) is 0 Å². The normalized spacial score (nSPS) is 21.0. The summed E-state index contributed by atoms with van der Waals surface area (Å²) in [5.41, 5.74) is -2.73. The van der Waals surface area contributed by atoms with Gasteiger partial charge in [0.15, 0.2) is 5.92 Å². The van der Waals surface area contributed by atoms with Crippen molar-refractivity contribution >= 4 is 32.8 Å². The van der Waals surface area contributed by atoms with Crippen molar-refractivity contribution in [2.75, 3.05) is 13.2 Å². The Morgan fingerprint density at radius 2 is 1.82 bits per heavy atom. The van der Waals surface area contributed by atoms with Crippen LogP contribution in [0.2, 0.25) is 0 Å². The molecule has 0 saturated carbocycles. The molecule has 2 heterocycles. The van der Waals surface area contributed by atoms with Gasteiger partial charge in [-0.3, -0.25) is 9.59 Å². The molecule has 34 heavy (non-hydrogen) atoms. The third kappa shape index (κ3) is 3.46. The quantitative estimate of drug-likeness (QED) is 0.434. The first-order chi connectivity index (χ1) is 15.9. The first-order valence-electron chi connectivity index (χ1n) is 10.4. The number of benzene rings is 2. The zero-order chi connectivity index (χ0) is 24.9. The number of carbonyl (C=O) groups is 2. The maximum atomic E-state index is 14.8. The van der Waals surface area contributed by atoms with Crippen LogP contribution in [0.25, 0.3) is 10.9 Å². The summed E-state index contributed by atoms with van der Waals surface area (Å²) in [5.74, 6) is -4.68. The van der Waals surface area contributed by atoms with E-state index in [4.69, 9.17) is 4.74 Å². The SMILES string of the molecule is CCOC(=O)C1C(=O)NC[C@@]1(c1cn(S(=O)(=O)c2ccc(C)cc2)c2ccccc12)C(F)(F)F. The van der Waals surface area contributed by atoms with Crippen molar-refractivity contribution in [2.45, 2.75) is 30.3 Å². The Morgan fingerprint density at radius 1 is 1.18 bits per heavy atom. The van der Waals surface area contributed by atoms with Crippen molar-refractivity contribution in [2.24, 2.45) is 5.92 Å². The molecule has 4 rings (SSSR count). The summed E-state index contributed by atoms with van der Waals surface area (Å²) in [5, 5.41) is 2.10. The van der Waals surface area contributed by atoms with Gasteiger partial charge in [-0.15, -0.1) is 0 Å². The molecule has 0 aliphatic carbocycles. The second-order valence-corrected chi connectivity index (χ2v) is 9.86. The first-order valence-corrected chi connectivity index (χ1v) is 11.8. The number of fused-ring (bicyclic) bond motifs is 1. The summed E-state index contributed by atoms with van der Waals surface area (Å²) in [7, 11) is -4.30. The van der Waals surface area contributed by atoms with E-state index in [0.29, 0.717) is 0 Å². The lowest BCUT2D eigenvalue weighted by molar-refractivity contribution is -0.204. The molecule has 1 fully saturated rings. The average molecular weight is 494 g/mol. The zero-order valence-electron chi connectivity index (χ0n) is 18.2. The van der Waals surface area contributed by atoms with Crippen LogP contribution in [-0.2, 0) is 29.8 Å². The van der Waals surface area contributed by atoms with Crippen LogP contribution in [0.5, 0.6) is 0 Å². The molecule has 1 amide bonds. The molecule has 7 nitrogen and oxygen atoms in total. The lowest BCUT2D eigenvalue weighted by Gasteiger charge is -2.34. The van der Waals surface area contributed by atoms with Gasteiger partial charge in [0.25, 0.3) is 10.0 Å². The monoisotopic (exact) mass is 494 g/mol. The highest BCUT2D eigenvalue weighted by Crippen LogP contribution is 2.52. The van der Waals surface area contributed by atoms with Crippen LogP contribution >= 0.6 is 0 Å². The van der Waals surface area contributed by atoms with E-state index >= 15 is 0 Å². The number of carbonyl (C=O) groups excluding carboxylic acids is 2. The van der Waals surface area contributed by atoms with Gasteiger partial charge in [-0.2, -0.15) is 13.2 Å². The van der Waals surface area contributed by atoms with E-state index in [1.54, 1.807) is 19.1 Å². The molecule has 11 heteroatoms. The Bertz CT molecular complexity index is 1380. The summed E-state index contributed by atoms with van der Waals surface area (Å²) < 4.78 is 76.7. The Hall–Kier alpha value is -3.34. The zero-order valence-corrected chi connectivity index (χ0v) is 19.0. The number of esters is 1. The van der Waals surface area contributed by atoms with E-state index in [1.165, 1.54) is 43.3 Å².